The van der Waals surface area contributed by atoms with E-state index in [1.807, 2.05) is 27.7 Å². The van der Waals surface area contributed by atoms with Crippen LogP contribution in [0.5, 0.6) is 0 Å². The number of benzene rings is 3. The van der Waals surface area contributed by atoms with E-state index in [4.69, 9.17) is 34.8 Å². The Morgan fingerprint density at radius 2 is 1.51 bits per heavy atom. The topological polar surface area (TPSA) is 86.8 Å². The van der Waals surface area contributed by atoms with Crippen LogP contribution in [-0.4, -0.2) is 43.3 Å². The molecule has 0 saturated carbocycles. The van der Waals surface area contributed by atoms with E-state index in [9.17, 15) is 18.0 Å². The molecule has 3 aromatic carbocycles. The summed E-state index contributed by atoms with van der Waals surface area (Å²) in [6.07, 6.45) is 0.292. The summed E-state index contributed by atoms with van der Waals surface area (Å²) in [5.41, 5.74) is 1.23. The number of rotatable bonds is 10. The summed E-state index contributed by atoms with van der Waals surface area (Å²) in [5.74, 6) is -0.925. The summed E-state index contributed by atoms with van der Waals surface area (Å²) in [4.78, 5) is 28.9. The highest BCUT2D eigenvalue weighted by Crippen LogP contribution is 2.28. The zero-order valence-corrected chi connectivity index (χ0v) is 26.7. The van der Waals surface area contributed by atoms with Gasteiger partial charge in [0, 0.05) is 17.1 Å². The van der Waals surface area contributed by atoms with E-state index >= 15 is 0 Å². The highest BCUT2D eigenvalue weighted by Gasteiger charge is 2.34. The Balaban J connectivity index is 2.08. The lowest BCUT2D eigenvalue weighted by Gasteiger charge is -2.34. The summed E-state index contributed by atoms with van der Waals surface area (Å²) in [6.45, 7) is 8.63. The summed E-state index contributed by atoms with van der Waals surface area (Å²) < 4.78 is 28.8. The van der Waals surface area contributed by atoms with Crippen LogP contribution in [-0.2, 0) is 26.2 Å². The number of sulfonamides is 1. The Kier molecular flexibility index (Phi) is 10.7. The fraction of sp³-hybridized carbons (Fsp3) is 0.333. The molecule has 0 aliphatic heterocycles. The second kappa shape index (κ2) is 13.5. The van der Waals surface area contributed by atoms with Crippen LogP contribution in [0.1, 0.15) is 45.2 Å². The third-order valence-corrected chi connectivity index (χ3v) is 9.00. The lowest BCUT2D eigenvalue weighted by molar-refractivity contribution is -0.141. The molecule has 7 nitrogen and oxygen atoms in total. The fourth-order valence-electron chi connectivity index (χ4n) is 4.18. The second-order valence-corrected chi connectivity index (χ2v) is 13.8. The molecule has 0 radical (unpaired) electrons. The van der Waals surface area contributed by atoms with E-state index in [1.54, 1.807) is 49.4 Å². The van der Waals surface area contributed by atoms with Crippen LogP contribution in [0.3, 0.4) is 0 Å². The molecule has 11 heteroatoms. The summed E-state index contributed by atoms with van der Waals surface area (Å²) in [7, 11) is -4.18. The van der Waals surface area contributed by atoms with Gasteiger partial charge in [0.25, 0.3) is 10.0 Å². The first kappa shape index (κ1) is 32.7. The maximum atomic E-state index is 14.1. The van der Waals surface area contributed by atoms with Crippen LogP contribution >= 0.6 is 34.8 Å². The van der Waals surface area contributed by atoms with Gasteiger partial charge in [-0.1, -0.05) is 65.5 Å². The number of nitrogens with zero attached hydrogens (tertiary/aromatic N) is 2. The Morgan fingerprint density at radius 3 is 2.05 bits per heavy atom. The molecule has 0 spiro atoms. The smallest absolute Gasteiger partial charge is 0.264 e. The van der Waals surface area contributed by atoms with E-state index in [-0.39, 0.29) is 23.0 Å². The Morgan fingerprint density at radius 1 is 0.902 bits per heavy atom. The number of carbonyl (C=O) groups excluding carboxylic acids is 2. The highest BCUT2D eigenvalue weighted by atomic mass is 35.5. The average Bonchev–Trinajstić information content (AvgIpc) is 2.89. The molecule has 1 unspecified atom stereocenters. The first-order valence-corrected chi connectivity index (χ1v) is 15.6. The van der Waals surface area contributed by atoms with Gasteiger partial charge >= 0.3 is 0 Å². The molecular weight excluding hydrogens is 605 g/mol. The molecule has 2 amide bonds. The zero-order chi connectivity index (χ0) is 30.5. The normalized spacial score (nSPS) is 12.5. The van der Waals surface area contributed by atoms with E-state index in [0.717, 1.165) is 9.87 Å². The fourth-order valence-corrected chi connectivity index (χ4v) is 6.04. The molecule has 0 bridgehead atoms. The minimum absolute atomic E-state index is 0.00479. The average molecular weight is 639 g/mol. The van der Waals surface area contributed by atoms with Gasteiger partial charge < -0.3 is 10.2 Å². The van der Waals surface area contributed by atoms with Gasteiger partial charge in [-0.25, -0.2) is 8.42 Å². The van der Waals surface area contributed by atoms with Crippen molar-refractivity contribution in [1.82, 2.24) is 10.2 Å². The number of anilines is 1. The molecule has 0 aromatic heterocycles. The largest absolute Gasteiger partial charge is 0.350 e. The van der Waals surface area contributed by atoms with Crippen molar-refractivity contribution in [2.24, 2.45) is 0 Å². The van der Waals surface area contributed by atoms with Gasteiger partial charge in [0.15, 0.2) is 0 Å². The van der Waals surface area contributed by atoms with Crippen molar-refractivity contribution in [3.8, 4) is 0 Å². The van der Waals surface area contributed by atoms with Crippen molar-refractivity contribution in [3.05, 3.63) is 92.9 Å². The number of halogens is 3. The third-order valence-electron chi connectivity index (χ3n) is 6.22. The number of amides is 2. The quantitative estimate of drug-likeness (QED) is 0.263. The van der Waals surface area contributed by atoms with Crippen molar-refractivity contribution in [2.45, 2.75) is 64.1 Å². The lowest BCUT2D eigenvalue weighted by atomic mass is 10.1. The number of hydrogen-bond donors (Lipinski definition) is 1. The zero-order valence-electron chi connectivity index (χ0n) is 23.6. The van der Waals surface area contributed by atoms with Gasteiger partial charge in [-0.15, -0.1) is 0 Å². The molecule has 3 aromatic rings. The second-order valence-electron chi connectivity index (χ2n) is 10.7. The van der Waals surface area contributed by atoms with Crippen LogP contribution < -0.4 is 9.62 Å². The summed E-state index contributed by atoms with van der Waals surface area (Å²) in [6, 6.07) is 16.6. The van der Waals surface area contributed by atoms with Crippen LogP contribution in [0, 0.1) is 6.92 Å². The summed E-state index contributed by atoms with van der Waals surface area (Å²) in [5, 5.41) is 4.00. The Hall–Kier alpha value is -2.78. The van der Waals surface area contributed by atoms with Gasteiger partial charge in [0.1, 0.15) is 12.6 Å². The number of hydrogen-bond acceptors (Lipinski definition) is 4. The van der Waals surface area contributed by atoms with E-state index in [1.165, 1.54) is 29.2 Å². The maximum Gasteiger partial charge on any atom is 0.264 e. The van der Waals surface area contributed by atoms with Gasteiger partial charge in [-0.2, -0.15) is 0 Å². The predicted octanol–water partition coefficient (Wildman–Crippen LogP) is 6.87. The van der Waals surface area contributed by atoms with E-state index in [0.29, 0.717) is 27.1 Å². The Labute approximate surface area is 257 Å². The monoisotopic (exact) mass is 637 g/mol. The van der Waals surface area contributed by atoms with Crippen LogP contribution in [0.15, 0.2) is 71.6 Å². The molecule has 0 heterocycles. The Bertz CT molecular complexity index is 1490. The summed E-state index contributed by atoms with van der Waals surface area (Å²) >= 11 is 18.4. The highest BCUT2D eigenvalue weighted by molar-refractivity contribution is 7.92. The number of nitrogens with one attached hydrogen (secondary N) is 1. The predicted molar refractivity (Wildman–Crippen MR) is 166 cm³/mol. The van der Waals surface area contributed by atoms with Crippen molar-refractivity contribution in [3.63, 3.8) is 0 Å². The third kappa shape index (κ3) is 8.61. The molecule has 0 fully saturated rings. The molecule has 0 aliphatic rings. The van der Waals surface area contributed by atoms with Gasteiger partial charge in [-0.05, 0) is 88.2 Å². The van der Waals surface area contributed by atoms with Crippen LogP contribution in [0.25, 0.3) is 0 Å². The van der Waals surface area contributed by atoms with Gasteiger partial charge in [-0.3, -0.25) is 13.9 Å². The minimum atomic E-state index is -4.18. The molecule has 1 atom stereocenters. The van der Waals surface area contributed by atoms with Crippen molar-refractivity contribution < 1.29 is 18.0 Å². The number of carbonyl (C=O) groups is 2. The van der Waals surface area contributed by atoms with Gasteiger partial charge in [0.05, 0.1) is 20.6 Å². The van der Waals surface area contributed by atoms with E-state index in [2.05, 4.69) is 5.32 Å². The van der Waals surface area contributed by atoms with Crippen molar-refractivity contribution in [1.29, 1.82) is 0 Å². The molecule has 41 heavy (non-hydrogen) atoms. The van der Waals surface area contributed by atoms with Crippen molar-refractivity contribution >= 4 is 62.3 Å². The van der Waals surface area contributed by atoms with Crippen LogP contribution in [0.2, 0.25) is 15.1 Å². The maximum absolute atomic E-state index is 14.1. The molecule has 0 saturated heterocycles. The minimum Gasteiger partial charge on any atom is -0.350 e. The van der Waals surface area contributed by atoms with E-state index < -0.39 is 34.1 Å². The molecule has 220 valence electrons. The van der Waals surface area contributed by atoms with Crippen LogP contribution in [0.4, 0.5) is 5.69 Å². The molecule has 1 N–H and O–H groups in total. The first-order valence-electron chi connectivity index (χ1n) is 13.0. The molecule has 0 aliphatic carbocycles. The van der Waals surface area contributed by atoms with Crippen molar-refractivity contribution in [2.75, 3.05) is 10.8 Å². The lowest BCUT2D eigenvalue weighted by Crippen LogP contribution is -2.55. The number of aryl methyl sites for hydroxylation is 1. The first-order chi connectivity index (χ1) is 19.1. The van der Waals surface area contributed by atoms with Gasteiger partial charge in [0.2, 0.25) is 11.8 Å². The molecule has 3 rings (SSSR count). The SMILES string of the molecule is CCC(C(=O)NC(C)(C)C)N(Cc1ccc(Cl)c(Cl)c1)C(=O)CN(c1ccc(Cl)cc1)S(=O)(=O)c1ccc(C)cc1. The standard InChI is InChI=1S/C30H34Cl3N3O4S/c1-6-27(29(38)34-30(3,4)5)35(18-21-9-16-25(32)26(33)17-21)28(37)19-36(23-12-10-22(31)11-13-23)41(39,40)24-14-7-20(2)8-15-24/h7-17,27H,6,18-19H2,1-5H3,(H,34,38). The molecular formula is C30H34Cl3N3O4S.